The van der Waals surface area contributed by atoms with Gasteiger partial charge in [-0.2, -0.15) is 0 Å². The Morgan fingerprint density at radius 1 is 1.13 bits per heavy atom. The number of hydrogen-bond acceptors (Lipinski definition) is 3. The van der Waals surface area contributed by atoms with Gasteiger partial charge in [0.25, 0.3) is 5.91 Å². The maximum absolute atomic E-state index is 12.1. The first-order valence-electron chi connectivity index (χ1n) is 7.69. The van der Waals surface area contributed by atoms with E-state index in [1.165, 1.54) is 5.56 Å². The van der Waals surface area contributed by atoms with Crippen LogP contribution in [0.3, 0.4) is 0 Å². The normalized spacial score (nSPS) is 13.2. The Balaban J connectivity index is 1.84. The van der Waals surface area contributed by atoms with Crippen LogP contribution in [-0.4, -0.2) is 30.3 Å². The number of methoxy groups -OCH3 is 1. The summed E-state index contributed by atoms with van der Waals surface area (Å²) in [5.74, 6) is 0.504. The van der Waals surface area contributed by atoms with E-state index >= 15 is 0 Å². The van der Waals surface area contributed by atoms with Gasteiger partial charge >= 0.3 is 0 Å². The molecule has 0 radical (unpaired) electrons. The molecular formula is C19H23NO3. The lowest BCUT2D eigenvalue weighted by atomic mass is 9.96. The van der Waals surface area contributed by atoms with Gasteiger partial charge in [0.2, 0.25) is 0 Å². The Hall–Kier alpha value is -2.33. The Morgan fingerprint density at radius 3 is 2.39 bits per heavy atom. The number of carbonyl (C=O) groups excluding carboxylic acids is 1. The van der Waals surface area contributed by atoms with Crippen molar-refractivity contribution in [1.29, 1.82) is 0 Å². The summed E-state index contributed by atoms with van der Waals surface area (Å²) in [6.07, 6.45) is 1.35. The van der Waals surface area contributed by atoms with Crippen LogP contribution in [0.1, 0.15) is 29.3 Å². The zero-order chi connectivity index (χ0) is 16.7. The lowest BCUT2D eigenvalue weighted by Crippen LogP contribution is -2.41. The second kappa shape index (κ2) is 7.79. The molecule has 0 saturated heterocycles. The molecule has 0 aliphatic carbocycles. The summed E-state index contributed by atoms with van der Waals surface area (Å²) in [5.41, 5.74) is 0.775. The van der Waals surface area contributed by atoms with Crippen molar-refractivity contribution in [3.05, 3.63) is 65.7 Å². The van der Waals surface area contributed by atoms with Crippen LogP contribution >= 0.6 is 0 Å². The summed E-state index contributed by atoms with van der Waals surface area (Å²) in [4.78, 5) is 12.1. The zero-order valence-corrected chi connectivity index (χ0v) is 13.6. The van der Waals surface area contributed by atoms with Crippen molar-refractivity contribution in [2.45, 2.75) is 25.4 Å². The van der Waals surface area contributed by atoms with Crippen LogP contribution in [0, 0.1) is 0 Å². The van der Waals surface area contributed by atoms with Crippen molar-refractivity contribution in [1.82, 2.24) is 5.32 Å². The first-order chi connectivity index (χ1) is 11.0. The third-order valence-electron chi connectivity index (χ3n) is 3.78. The standard InChI is InChI=1S/C19H23NO3/c1-19(22,13-12-15-6-4-3-5-7-15)14-20-18(21)16-8-10-17(23-2)11-9-16/h3-11,22H,12-14H2,1-2H3,(H,20,21)/t19-/m0/s1. The van der Waals surface area contributed by atoms with E-state index < -0.39 is 5.60 Å². The molecule has 1 atom stereocenters. The maximum Gasteiger partial charge on any atom is 0.251 e. The van der Waals surface area contributed by atoms with Gasteiger partial charge in [-0.25, -0.2) is 0 Å². The van der Waals surface area contributed by atoms with Gasteiger partial charge in [0.05, 0.1) is 12.7 Å². The van der Waals surface area contributed by atoms with Crippen molar-refractivity contribution >= 4 is 5.91 Å². The molecule has 0 saturated carbocycles. The smallest absolute Gasteiger partial charge is 0.251 e. The van der Waals surface area contributed by atoms with Gasteiger partial charge in [-0.15, -0.1) is 0 Å². The fourth-order valence-electron chi connectivity index (χ4n) is 2.26. The molecule has 0 fully saturated rings. The third-order valence-corrected chi connectivity index (χ3v) is 3.78. The van der Waals surface area contributed by atoms with Gasteiger partial charge in [0.1, 0.15) is 5.75 Å². The fourth-order valence-corrected chi connectivity index (χ4v) is 2.26. The second-order valence-corrected chi connectivity index (χ2v) is 5.89. The van der Waals surface area contributed by atoms with E-state index in [1.807, 2.05) is 30.3 Å². The molecule has 0 aromatic heterocycles. The molecule has 0 heterocycles. The van der Waals surface area contributed by atoms with E-state index in [1.54, 1.807) is 38.3 Å². The van der Waals surface area contributed by atoms with Crippen LogP contribution in [0.5, 0.6) is 5.75 Å². The molecule has 2 aromatic rings. The molecule has 0 aliphatic rings. The molecule has 1 amide bonds. The van der Waals surface area contributed by atoms with Crippen molar-refractivity contribution in [2.24, 2.45) is 0 Å². The first kappa shape index (κ1) is 17.0. The van der Waals surface area contributed by atoms with Crippen molar-refractivity contribution < 1.29 is 14.6 Å². The summed E-state index contributed by atoms with van der Waals surface area (Å²) in [6.45, 7) is 1.95. The van der Waals surface area contributed by atoms with E-state index in [0.717, 1.165) is 6.42 Å². The number of nitrogens with one attached hydrogen (secondary N) is 1. The average molecular weight is 313 g/mol. The Morgan fingerprint density at radius 2 is 1.78 bits per heavy atom. The number of aliphatic hydroxyl groups is 1. The molecular weight excluding hydrogens is 290 g/mol. The lowest BCUT2D eigenvalue weighted by molar-refractivity contribution is 0.0478. The largest absolute Gasteiger partial charge is 0.497 e. The molecule has 2 aromatic carbocycles. The molecule has 122 valence electrons. The number of rotatable bonds is 7. The molecule has 0 spiro atoms. The number of amides is 1. The minimum atomic E-state index is -0.946. The summed E-state index contributed by atoms with van der Waals surface area (Å²) in [6, 6.07) is 16.9. The monoisotopic (exact) mass is 313 g/mol. The Labute approximate surface area is 137 Å². The molecule has 4 nitrogen and oxygen atoms in total. The van der Waals surface area contributed by atoms with Crippen LogP contribution in [0.4, 0.5) is 0 Å². The predicted octanol–water partition coefficient (Wildman–Crippen LogP) is 2.81. The van der Waals surface area contributed by atoms with Gasteiger partial charge in [-0.1, -0.05) is 30.3 Å². The van der Waals surface area contributed by atoms with Crippen LogP contribution in [0.25, 0.3) is 0 Å². The quantitative estimate of drug-likeness (QED) is 0.826. The Kier molecular flexibility index (Phi) is 5.77. The van der Waals surface area contributed by atoms with Crippen molar-refractivity contribution in [2.75, 3.05) is 13.7 Å². The Bertz CT molecular complexity index is 621. The summed E-state index contributed by atoms with van der Waals surface area (Å²) < 4.78 is 5.07. The number of benzene rings is 2. The van der Waals surface area contributed by atoms with Gasteiger partial charge in [0.15, 0.2) is 0 Å². The van der Waals surface area contributed by atoms with Gasteiger partial charge in [-0.05, 0) is 49.6 Å². The summed E-state index contributed by atoms with van der Waals surface area (Å²) in [7, 11) is 1.58. The van der Waals surface area contributed by atoms with E-state index in [0.29, 0.717) is 17.7 Å². The third kappa shape index (κ3) is 5.42. The van der Waals surface area contributed by atoms with Crippen molar-refractivity contribution in [3.8, 4) is 5.75 Å². The molecule has 0 unspecified atom stereocenters. The second-order valence-electron chi connectivity index (χ2n) is 5.89. The molecule has 4 heteroatoms. The molecule has 23 heavy (non-hydrogen) atoms. The van der Waals surface area contributed by atoms with E-state index in [9.17, 15) is 9.90 Å². The zero-order valence-electron chi connectivity index (χ0n) is 13.6. The highest BCUT2D eigenvalue weighted by Crippen LogP contribution is 2.14. The van der Waals surface area contributed by atoms with E-state index in [2.05, 4.69) is 5.32 Å². The summed E-state index contributed by atoms with van der Waals surface area (Å²) >= 11 is 0. The highest BCUT2D eigenvalue weighted by Gasteiger charge is 2.21. The maximum atomic E-state index is 12.1. The minimum Gasteiger partial charge on any atom is -0.497 e. The fraction of sp³-hybridized carbons (Fsp3) is 0.316. The minimum absolute atomic E-state index is 0.201. The number of ether oxygens (including phenoxy) is 1. The summed E-state index contributed by atoms with van der Waals surface area (Å²) in [5, 5.41) is 13.2. The van der Waals surface area contributed by atoms with Crippen molar-refractivity contribution in [3.63, 3.8) is 0 Å². The molecule has 2 rings (SSSR count). The number of hydrogen-bond donors (Lipinski definition) is 2. The highest BCUT2D eigenvalue weighted by atomic mass is 16.5. The molecule has 0 bridgehead atoms. The van der Waals surface area contributed by atoms with Gasteiger partial charge < -0.3 is 15.2 Å². The SMILES string of the molecule is COc1ccc(C(=O)NC[C@@](C)(O)CCc2ccccc2)cc1. The van der Waals surface area contributed by atoms with Gasteiger partial charge in [0, 0.05) is 12.1 Å². The van der Waals surface area contributed by atoms with E-state index in [-0.39, 0.29) is 12.5 Å². The van der Waals surface area contributed by atoms with Crippen LogP contribution in [0.15, 0.2) is 54.6 Å². The van der Waals surface area contributed by atoms with Crippen LogP contribution < -0.4 is 10.1 Å². The van der Waals surface area contributed by atoms with Crippen LogP contribution in [0.2, 0.25) is 0 Å². The topological polar surface area (TPSA) is 58.6 Å². The van der Waals surface area contributed by atoms with Crippen LogP contribution in [-0.2, 0) is 6.42 Å². The predicted molar refractivity (Wildman–Crippen MR) is 90.7 cm³/mol. The lowest BCUT2D eigenvalue weighted by Gasteiger charge is -2.23. The number of carbonyl (C=O) groups is 1. The first-order valence-corrected chi connectivity index (χ1v) is 7.69. The number of aryl methyl sites for hydroxylation is 1. The van der Waals surface area contributed by atoms with E-state index in [4.69, 9.17) is 4.74 Å². The molecule has 0 aliphatic heterocycles. The van der Waals surface area contributed by atoms with Gasteiger partial charge in [-0.3, -0.25) is 4.79 Å². The highest BCUT2D eigenvalue weighted by molar-refractivity contribution is 5.94. The average Bonchev–Trinajstić information content (AvgIpc) is 2.59. The molecule has 2 N–H and O–H groups in total.